The molecule has 0 spiro atoms. The highest BCUT2D eigenvalue weighted by atomic mass is 15.0. The average molecular weight is 251 g/mol. The summed E-state index contributed by atoms with van der Waals surface area (Å²) in [6, 6.07) is 0. The summed E-state index contributed by atoms with van der Waals surface area (Å²) in [5, 5.41) is 3.80. The standard InChI is InChI=1S/C17H33N/c1-6-13(7-2)9-17(12-18-16(3,4)5)10-14-8-15(14)11-17/h13-15,18H,6-12H2,1-5H3. The predicted molar refractivity (Wildman–Crippen MR) is 79.7 cm³/mol. The predicted octanol–water partition coefficient (Wildman–Crippen LogP) is 4.62. The van der Waals surface area contributed by atoms with Crippen molar-refractivity contribution >= 4 is 0 Å². The summed E-state index contributed by atoms with van der Waals surface area (Å²) >= 11 is 0. The maximum atomic E-state index is 3.80. The maximum absolute atomic E-state index is 3.80. The molecule has 0 aromatic rings. The third-order valence-electron chi connectivity index (χ3n) is 5.33. The van der Waals surface area contributed by atoms with Crippen molar-refractivity contribution in [1.29, 1.82) is 0 Å². The van der Waals surface area contributed by atoms with Gasteiger partial charge in [-0.1, -0.05) is 26.7 Å². The molecule has 0 bridgehead atoms. The second kappa shape index (κ2) is 5.15. The first kappa shape index (κ1) is 14.4. The smallest absolute Gasteiger partial charge is 0.00967 e. The first-order chi connectivity index (χ1) is 8.37. The molecule has 0 heterocycles. The van der Waals surface area contributed by atoms with E-state index in [9.17, 15) is 0 Å². The van der Waals surface area contributed by atoms with Gasteiger partial charge < -0.3 is 5.32 Å². The van der Waals surface area contributed by atoms with Gasteiger partial charge in [0, 0.05) is 12.1 Å². The summed E-state index contributed by atoms with van der Waals surface area (Å²) in [6.45, 7) is 12.9. The normalized spacial score (nSPS) is 35.0. The van der Waals surface area contributed by atoms with E-state index in [2.05, 4.69) is 39.9 Å². The highest BCUT2D eigenvalue weighted by Gasteiger charge is 2.53. The van der Waals surface area contributed by atoms with E-state index in [1.165, 1.54) is 38.6 Å². The first-order valence-electron chi connectivity index (χ1n) is 8.12. The number of nitrogens with one attached hydrogen (secondary N) is 1. The molecule has 2 aliphatic rings. The Balaban J connectivity index is 1.95. The average Bonchev–Trinajstić information content (AvgIpc) is 2.92. The van der Waals surface area contributed by atoms with Crippen molar-refractivity contribution in [1.82, 2.24) is 5.32 Å². The van der Waals surface area contributed by atoms with Crippen LogP contribution in [0.1, 0.15) is 73.1 Å². The van der Waals surface area contributed by atoms with Crippen LogP contribution in [-0.2, 0) is 0 Å². The van der Waals surface area contributed by atoms with Crippen LogP contribution in [0.25, 0.3) is 0 Å². The second-order valence-electron chi connectivity index (χ2n) is 8.15. The third-order valence-corrected chi connectivity index (χ3v) is 5.33. The van der Waals surface area contributed by atoms with Crippen LogP contribution in [0.5, 0.6) is 0 Å². The van der Waals surface area contributed by atoms with Gasteiger partial charge in [0.1, 0.15) is 0 Å². The molecule has 2 aliphatic carbocycles. The van der Waals surface area contributed by atoms with Gasteiger partial charge in [0.15, 0.2) is 0 Å². The molecule has 2 atom stereocenters. The summed E-state index contributed by atoms with van der Waals surface area (Å²) in [7, 11) is 0. The SMILES string of the molecule is CCC(CC)CC1(CNC(C)(C)C)CC2CC2C1. The summed E-state index contributed by atoms with van der Waals surface area (Å²) < 4.78 is 0. The van der Waals surface area contributed by atoms with Crippen molar-refractivity contribution in [3.05, 3.63) is 0 Å². The lowest BCUT2D eigenvalue weighted by Crippen LogP contribution is -2.44. The molecule has 0 aromatic heterocycles. The van der Waals surface area contributed by atoms with Crippen molar-refractivity contribution in [3.63, 3.8) is 0 Å². The highest BCUT2D eigenvalue weighted by molar-refractivity contribution is 5.05. The Labute approximate surface area is 114 Å². The van der Waals surface area contributed by atoms with Gasteiger partial charge in [0.05, 0.1) is 0 Å². The molecule has 18 heavy (non-hydrogen) atoms. The van der Waals surface area contributed by atoms with Gasteiger partial charge in [-0.05, 0) is 69.6 Å². The molecule has 2 rings (SSSR count). The van der Waals surface area contributed by atoms with E-state index in [0.29, 0.717) is 5.41 Å². The summed E-state index contributed by atoms with van der Waals surface area (Å²) in [5.41, 5.74) is 0.908. The molecular weight excluding hydrogens is 218 g/mol. The van der Waals surface area contributed by atoms with Crippen LogP contribution >= 0.6 is 0 Å². The molecule has 0 aliphatic heterocycles. The molecule has 0 aromatic carbocycles. The fraction of sp³-hybridized carbons (Fsp3) is 1.00. The van der Waals surface area contributed by atoms with Crippen LogP contribution in [-0.4, -0.2) is 12.1 Å². The minimum Gasteiger partial charge on any atom is -0.312 e. The van der Waals surface area contributed by atoms with E-state index in [0.717, 1.165) is 17.8 Å². The number of hydrogen-bond acceptors (Lipinski definition) is 1. The molecule has 0 amide bonds. The van der Waals surface area contributed by atoms with Crippen molar-refractivity contribution in [2.24, 2.45) is 23.2 Å². The van der Waals surface area contributed by atoms with Crippen molar-refractivity contribution < 1.29 is 0 Å². The van der Waals surface area contributed by atoms with E-state index in [1.54, 1.807) is 6.42 Å². The molecule has 2 unspecified atom stereocenters. The van der Waals surface area contributed by atoms with Crippen LogP contribution in [0.4, 0.5) is 0 Å². The molecule has 0 radical (unpaired) electrons. The number of hydrogen-bond donors (Lipinski definition) is 1. The van der Waals surface area contributed by atoms with Crippen LogP contribution in [0.3, 0.4) is 0 Å². The van der Waals surface area contributed by atoms with Gasteiger partial charge in [0.25, 0.3) is 0 Å². The highest BCUT2D eigenvalue weighted by Crippen LogP contribution is 2.61. The van der Waals surface area contributed by atoms with Gasteiger partial charge in [-0.15, -0.1) is 0 Å². The van der Waals surface area contributed by atoms with E-state index >= 15 is 0 Å². The van der Waals surface area contributed by atoms with Crippen molar-refractivity contribution in [3.8, 4) is 0 Å². The summed E-state index contributed by atoms with van der Waals surface area (Å²) in [6.07, 6.45) is 8.76. The van der Waals surface area contributed by atoms with Gasteiger partial charge in [-0.25, -0.2) is 0 Å². The zero-order valence-corrected chi connectivity index (χ0v) is 13.2. The Morgan fingerprint density at radius 2 is 1.67 bits per heavy atom. The summed E-state index contributed by atoms with van der Waals surface area (Å²) in [4.78, 5) is 0. The Hall–Kier alpha value is -0.0400. The number of rotatable bonds is 6. The Kier molecular flexibility index (Phi) is 4.11. The molecule has 2 saturated carbocycles. The number of fused-ring (bicyclic) bond motifs is 1. The van der Waals surface area contributed by atoms with E-state index in [-0.39, 0.29) is 5.54 Å². The lowest BCUT2D eigenvalue weighted by molar-refractivity contribution is 0.168. The van der Waals surface area contributed by atoms with Crippen LogP contribution in [0, 0.1) is 23.2 Å². The second-order valence-corrected chi connectivity index (χ2v) is 8.15. The van der Waals surface area contributed by atoms with Crippen molar-refractivity contribution in [2.45, 2.75) is 78.7 Å². The van der Waals surface area contributed by atoms with E-state index in [4.69, 9.17) is 0 Å². The Morgan fingerprint density at radius 1 is 1.11 bits per heavy atom. The third kappa shape index (κ3) is 3.50. The maximum Gasteiger partial charge on any atom is 0.00967 e. The molecular formula is C17H33N. The van der Waals surface area contributed by atoms with E-state index in [1.807, 2.05) is 0 Å². The van der Waals surface area contributed by atoms with Crippen LogP contribution in [0.2, 0.25) is 0 Å². The topological polar surface area (TPSA) is 12.0 Å². The fourth-order valence-corrected chi connectivity index (χ4v) is 4.03. The molecule has 106 valence electrons. The monoisotopic (exact) mass is 251 g/mol. The largest absolute Gasteiger partial charge is 0.312 e. The molecule has 1 nitrogen and oxygen atoms in total. The quantitative estimate of drug-likeness (QED) is 0.726. The van der Waals surface area contributed by atoms with Gasteiger partial charge >= 0.3 is 0 Å². The van der Waals surface area contributed by atoms with Crippen molar-refractivity contribution in [2.75, 3.05) is 6.54 Å². The Morgan fingerprint density at radius 3 is 2.11 bits per heavy atom. The molecule has 2 fully saturated rings. The van der Waals surface area contributed by atoms with Crippen LogP contribution < -0.4 is 5.32 Å². The lowest BCUT2D eigenvalue weighted by atomic mass is 9.73. The Bertz CT molecular complexity index is 262. The van der Waals surface area contributed by atoms with Gasteiger partial charge in [0.2, 0.25) is 0 Å². The minimum absolute atomic E-state index is 0.272. The van der Waals surface area contributed by atoms with Gasteiger partial charge in [-0.3, -0.25) is 0 Å². The molecule has 1 heteroatoms. The zero-order chi connectivity index (χ0) is 13.4. The zero-order valence-electron chi connectivity index (χ0n) is 13.2. The minimum atomic E-state index is 0.272. The lowest BCUT2D eigenvalue weighted by Gasteiger charge is -2.37. The van der Waals surface area contributed by atoms with Gasteiger partial charge in [-0.2, -0.15) is 0 Å². The molecule has 0 saturated heterocycles. The summed E-state index contributed by atoms with van der Waals surface area (Å²) in [5.74, 6) is 3.14. The van der Waals surface area contributed by atoms with E-state index < -0.39 is 0 Å². The molecule has 1 N–H and O–H groups in total. The van der Waals surface area contributed by atoms with Crippen LogP contribution in [0.15, 0.2) is 0 Å². The fourth-order valence-electron chi connectivity index (χ4n) is 4.03. The first-order valence-corrected chi connectivity index (χ1v) is 8.12.